The summed E-state index contributed by atoms with van der Waals surface area (Å²) in [5.41, 5.74) is 0.733. The minimum atomic E-state index is -0.956. The molecule has 0 aliphatic carbocycles. The zero-order chi connectivity index (χ0) is 21.6. The summed E-state index contributed by atoms with van der Waals surface area (Å²) in [4.78, 5) is 25.0. The first-order valence-electron chi connectivity index (χ1n) is 9.41. The highest BCUT2D eigenvalue weighted by molar-refractivity contribution is 9.10. The minimum absolute atomic E-state index is 0.0435. The maximum Gasteiger partial charge on any atom is 0.223 e. The molecule has 10 heteroatoms. The fraction of sp³-hybridized carbons (Fsp3) is 0.526. The first-order valence-corrected chi connectivity index (χ1v) is 12.3. The van der Waals surface area contributed by atoms with Crippen molar-refractivity contribution in [3.05, 3.63) is 21.9 Å². The molecule has 2 heterocycles. The van der Waals surface area contributed by atoms with E-state index in [0.717, 1.165) is 16.7 Å². The van der Waals surface area contributed by atoms with Crippen LogP contribution >= 0.6 is 27.5 Å². The van der Waals surface area contributed by atoms with Crippen LogP contribution in [0, 0.1) is 0 Å². The predicted molar refractivity (Wildman–Crippen MR) is 122 cm³/mol. The van der Waals surface area contributed by atoms with Gasteiger partial charge in [0.25, 0.3) is 0 Å². The summed E-state index contributed by atoms with van der Waals surface area (Å²) in [6, 6.07) is 1.84. The largest absolute Gasteiger partial charge is 0.494 e. The second-order valence-corrected chi connectivity index (χ2v) is 8.98. The number of hydrogen-bond donors (Lipinski definition) is 0. The maximum atomic E-state index is 12.2. The zero-order valence-electron chi connectivity index (χ0n) is 17.1. The van der Waals surface area contributed by atoms with Gasteiger partial charge in [-0.25, -0.2) is 9.97 Å². The van der Waals surface area contributed by atoms with Gasteiger partial charge in [0.15, 0.2) is 5.75 Å². The molecule has 0 radical (unpaired) electrons. The van der Waals surface area contributed by atoms with E-state index in [4.69, 9.17) is 16.3 Å². The second-order valence-electron chi connectivity index (χ2n) is 6.19. The normalized spacial score (nSPS) is 15.0. The smallest absolute Gasteiger partial charge is 0.223 e. The number of nitrogens with zero attached hydrogens (tertiary/aromatic N) is 4. The number of benzene rings is 1. The molecule has 1 fully saturated rings. The molecule has 7 nitrogen and oxygen atoms in total. The van der Waals surface area contributed by atoms with Crippen LogP contribution in [0.15, 0.2) is 16.9 Å². The van der Waals surface area contributed by atoms with Gasteiger partial charge in [-0.15, -0.1) is 0 Å². The van der Waals surface area contributed by atoms with Gasteiger partial charge in [-0.1, -0.05) is 25.4 Å². The van der Waals surface area contributed by atoms with Crippen LogP contribution in [0.3, 0.4) is 0 Å². The average molecular weight is 506 g/mol. The first-order chi connectivity index (χ1) is 13.9. The summed E-state index contributed by atoms with van der Waals surface area (Å²) in [7, 11) is 0.611. The summed E-state index contributed by atoms with van der Waals surface area (Å²) in [6.07, 6.45) is 3.45. The van der Waals surface area contributed by atoms with E-state index in [1.807, 2.05) is 24.8 Å². The van der Waals surface area contributed by atoms with E-state index < -0.39 is 10.8 Å². The van der Waals surface area contributed by atoms with Gasteiger partial charge in [0.2, 0.25) is 5.91 Å². The van der Waals surface area contributed by atoms with Crippen LogP contribution in [0.5, 0.6) is 5.75 Å². The van der Waals surface area contributed by atoms with Crippen molar-refractivity contribution in [1.29, 1.82) is 0 Å². The number of methoxy groups -OCH3 is 1. The lowest BCUT2D eigenvalue weighted by Crippen LogP contribution is -2.49. The van der Waals surface area contributed by atoms with E-state index in [1.54, 1.807) is 13.4 Å². The van der Waals surface area contributed by atoms with Crippen LogP contribution in [-0.4, -0.2) is 70.3 Å². The molecule has 3 rings (SSSR count). The van der Waals surface area contributed by atoms with Crippen LogP contribution in [0.25, 0.3) is 10.9 Å². The predicted octanol–water partition coefficient (Wildman–Crippen LogP) is 3.50. The fourth-order valence-electron chi connectivity index (χ4n) is 3.11. The number of aromatic nitrogens is 2. The molecule has 0 spiro atoms. The molecular weight excluding hydrogens is 480 g/mol. The third-order valence-corrected chi connectivity index (χ3v) is 6.50. The fourth-order valence-corrected chi connectivity index (χ4v) is 4.19. The van der Waals surface area contributed by atoms with E-state index in [9.17, 15) is 9.00 Å². The Hall–Kier alpha value is -1.45. The Kier molecular flexibility index (Phi) is 9.10. The number of hydrogen-bond acceptors (Lipinski definition) is 6. The van der Waals surface area contributed by atoms with E-state index in [1.165, 1.54) is 6.33 Å². The number of anilines is 1. The Morgan fingerprint density at radius 1 is 1.28 bits per heavy atom. The molecule has 1 unspecified atom stereocenters. The summed E-state index contributed by atoms with van der Waals surface area (Å²) in [5, 5.41) is 1.23. The van der Waals surface area contributed by atoms with Crippen molar-refractivity contribution in [2.75, 3.05) is 50.2 Å². The Morgan fingerprint density at radius 2 is 1.93 bits per heavy atom. The van der Waals surface area contributed by atoms with Gasteiger partial charge >= 0.3 is 0 Å². The van der Waals surface area contributed by atoms with Gasteiger partial charge < -0.3 is 14.5 Å². The Labute approximate surface area is 187 Å². The monoisotopic (exact) mass is 504 g/mol. The molecule has 2 aromatic rings. The SMILES string of the molecule is CC.COc1c(Cl)c(Br)cc2ncnc(N3CCN(C(=O)CCS(C)=O)CC3)c12. The van der Waals surface area contributed by atoms with Gasteiger partial charge in [0, 0.05) is 59.9 Å². The van der Waals surface area contributed by atoms with Crippen molar-refractivity contribution < 1.29 is 13.7 Å². The molecule has 1 amide bonds. The van der Waals surface area contributed by atoms with Gasteiger partial charge in [0.05, 0.1) is 23.0 Å². The molecule has 1 atom stereocenters. The third kappa shape index (κ3) is 5.58. The molecule has 0 N–H and O–H groups in total. The third-order valence-electron chi connectivity index (χ3n) is 4.50. The molecule has 1 aliphatic heterocycles. The summed E-state index contributed by atoms with van der Waals surface area (Å²) < 4.78 is 17.4. The lowest BCUT2D eigenvalue weighted by Gasteiger charge is -2.36. The maximum absolute atomic E-state index is 12.2. The highest BCUT2D eigenvalue weighted by Crippen LogP contribution is 2.42. The van der Waals surface area contributed by atoms with Crippen molar-refractivity contribution in [2.45, 2.75) is 20.3 Å². The summed E-state index contributed by atoms with van der Waals surface area (Å²) in [6.45, 7) is 6.47. The Morgan fingerprint density at radius 3 is 2.52 bits per heavy atom. The molecule has 1 aromatic heterocycles. The molecule has 1 saturated heterocycles. The lowest BCUT2D eigenvalue weighted by molar-refractivity contribution is -0.131. The number of amides is 1. The molecule has 0 saturated carbocycles. The van der Waals surface area contributed by atoms with E-state index in [0.29, 0.717) is 53.6 Å². The van der Waals surface area contributed by atoms with E-state index in [2.05, 4.69) is 30.8 Å². The summed E-state index contributed by atoms with van der Waals surface area (Å²) >= 11 is 9.81. The summed E-state index contributed by atoms with van der Waals surface area (Å²) in [5.74, 6) is 1.72. The highest BCUT2D eigenvalue weighted by Gasteiger charge is 2.25. The van der Waals surface area contributed by atoms with Crippen LogP contribution in [-0.2, 0) is 15.6 Å². The van der Waals surface area contributed by atoms with Crippen molar-refractivity contribution in [1.82, 2.24) is 14.9 Å². The van der Waals surface area contributed by atoms with Gasteiger partial charge in [-0.05, 0) is 22.0 Å². The van der Waals surface area contributed by atoms with Crippen molar-refractivity contribution in [3.63, 3.8) is 0 Å². The quantitative estimate of drug-likeness (QED) is 0.619. The van der Waals surface area contributed by atoms with Crippen LogP contribution in [0.4, 0.5) is 5.82 Å². The van der Waals surface area contributed by atoms with Crippen molar-refractivity contribution in [3.8, 4) is 5.75 Å². The second kappa shape index (κ2) is 11.1. The standard InChI is InChI=1S/C17H20BrClN4O3S.C2H6/c1-26-16-14-12(9-11(18)15(16)19)20-10-21-17(14)23-6-4-22(5-7-23)13(24)3-8-27(2)25;1-2/h9-10H,3-8H2,1-2H3;1-2H3. The van der Waals surface area contributed by atoms with Gasteiger partial charge in [0.1, 0.15) is 12.1 Å². The number of ether oxygens (including phenoxy) is 1. The minimum Gasteiger partial charge on any atom is -0.494 e. The number of carbonyl (C=O) groups excluding carboxylic acids is 1. The van der Waals surface area contributed by atoms with Gasteiger partial charge in [-0.2, -0.15) is 0 Å². The Bertz CT molecular complexity index is 891. The number of halogens is 2. The topological polar surface area (TPSA) is 75.6 Å². The van der Waals surface area contributed by atoms with Crippen molar-refractivity contribution >= 4 is 61.0 Å². The molecule has 1 aliphatic rings. The van der Waals surface area contributed by atoms with Crippen molar-refractivity contribution in [2.24, 2.45) is 0 Å². The molecule has 1 aromatic carbocycles. The zero-order valence-corrected chi connectivity index (χ0v) is 20.2. The first kappa shape index (κ1) is 23.8. The van der Waals surface area contributed by atoms with Crippen LogP contribution < -0.4 is 9.64 Å². The Balaban J connectivity index is 0.00000145. The number of rotatable bonds is 5. The van der Waals surface area contributed by atoms with E-state index in [-0.39, 0.29) is 5.91 Å². The number of piperazine rings is 1. The number of carbonyl (C=O) groups is 1. The highest BCUT2D eigenvalue weighted by atomic mass is 79.9. The molecule has 160 valence electrons. The molecule has 29 heavy (non-hydrogen) atoms. The van der Waals surface area contributed by atoms with Crippen LogP contribution in [0.2, 0.25) is 5.02 Å². The number of fused-ring (bicyclic) bond motifs is 1. The average Bonchev–Trinajstić information content (AvgIpc) is 2.74. The lowest BCUT2D eigenvalue weighted by atomic mass is 10.2. The molecule has 0 bridgehead atoms. The van der Waals surface area contributed by atoms with Gasteiger partial charge in [-0.3, -0.25) is 9.00 Å². The van der Waals surface area contributed by atoms with E-state index >= 15 is 0 Å². The van der Waals surface area contributed by atoms with Crippen LogP contribution in [0.1, 0.15) is 20.3 Å². The molecular formula is C19H26BrClN4O3S.